The zero-order chi connectivity index (χ0) is 21.9. The third-order valence-electron chi connectivity index (χ3n) is 5.45. The van der Waals surface area contributed by atoms with Gasteiger partial charge in [-0.05, 0) is 55.7 Å². The minimum Gasteiger partial charge on any atom is -0.396 e. The van der Waals surface area contributed by atoms with E-state index >= 15 is 0 Å². The first-order chi connectivity index (χ1) is 14.2. The van der Waals surface area contributed by atoms with Gasteiger partial charge in [-0.2, -0.15) is 5.10 Å². The van der Waals surface area contributed by atoms with Crippen LogP contribution in [-0.4, -0.2) is 52.0 Å². The molecule has 3 rings (SSSR count). The van der Waals surface area contributed by atoms with Gasteiger partial charge < -0.3 is 5.11 Å². The molecule has 3 N–H and O–H groups in total. The number of nitrogens with one attached hydrogen (secondary N) is 1. The van der Waals surface area contributed by atoms with Crippen LogP contribution in [0.3, 0.4) is 0 Å². The zero-order valence-corrected chi connectivity index (χ0v) is 17.5. The highest BCUT2D eigenvalue weighted by molar-refractivity contribution is 7.92. The van der Waals surface area contributed by atoms with E-state index in [0.717, 1.165) is 23.6 Å². The van der Waals surface area contributed by atoms with Gasteiger partial charge in [-0.3, -0.25) is 14.7 Å². The highest BCUT2D eigenvalue weighted by atomic mass is 32.2. The minimum atomic E-state index is -3.76. The van der Waals surface area contributed by atoms with Gasteiger partial charge in [0.1, 0.15) is 0 Å². The van der Waals surface area contributed by atoms with E-state index in [-0.39, 0.29) is 31.4 Å². The second kappa shape index (κ2) is 8.49. The van der Waals surface area contributed by atoms with E-state index in [1.807, 2.05) is 18.2 Å². The van der Waals surface area contributed by atoms with E-state index in [1.54, 1.807) is 10.9 Å². The maximum Gasteiger partial charge on any atom is 0.264 e. The highest BCUT2D eigenvalue weighted by Crippen LogP contribution is 2.36. The first-order valence-electron chi connectivity index (χ1n) is 9.41. The summed E-state index contributed by atoms with van der Waals surface area (Å²) >= 11 is 0. The van der Waals surface area contributed by atoms with Crippen LogP contribution in [0.15, 0.2) is 24.4 Å². The van der Waals surface area contributed by atoms with Crippen molar-refractivity contribution >= 4 is 26.6 Å². The van der Waals surface area contributed by atoms with Gasteiger partial charge in [-0.15, -0.1) is 0 Å². The standard InChI is InChI=1S/C21H23N3O5S/c1-21(20(26)23-27,30(2,28)29)9-10-24-13-17-11-15(7-8-19(17)22-24)5-3-4-6-16-12-18(16)14-25/h7-8,11,13,16,18,25,27H,9-10,12,14H2,1-2H3,(H,23,26)/t16?,18-,21+/m0/s1. The molecule has 1 heterocycles. The molecule has 0 radical (unpaired) electrons. The molecule has 1 saturated carbocycles. The molecule has 8 nitrogen and oxygen atoms in total. The Morgan fingerprint density at radius 3 is 2.80 bits per heavy atom. The predicted octanol–water partition coefficient (Wildman–Crippen LogP) is 0.718. The number of aromatic nitrogens is 2. The van der Waals surface area contributed by atoms with E-state index in [1.165, 1.54) is 12.4 Å². The van der Waals surface area contributed by atoms with E-state index in [4.69, 9.17) is 10.3 Å². The molecule has 0 bridgehead atoms. The maximum absolute atomic E-state index is 12.1. The van der Waals surface area contributed by atoms with Crippen molar-refractivity contribution in [2.24, 2.45) is 11.8 Å². The van der Waals surface area contributed by atoms with Gasteiger partial charge in [0.05, 0.1) is 5.52 Å². The lowest BCUT2D eigenvalue weighted by molar-refractivity contribution is -0.131. The predicted molar refractivity (Wildman–Crippen MR) is 111 cm³/mol. The normalized spacial score (nSPS) is 19.7. The fourth-order valence-corrected chi connectivity index (χ4v) is 3.89. The minimum absolute atomic E-state index is 0.0511. The van der Waals surface area contributed by atoms with Crippen LogP contribution in [0.2, 0.25) is 0 Å². The molecule has 30 heavy (non-hydrogen) atoms. The lowest BCUT2D eigenvalue weighted by atomic mass is 10.1. The monoisotopic (exact) mass is 429 g/mol. The number of fused-ring (bicyclic) bond motifs is 1. The molecule has 9 heteroatoms. The number of nitrogens with zero attached hydrogens (tertiary/aromatic N) is 2. The summed E-state index contributed by atoms with van der Waals surface area (Å²) in [5.74, 6) is 11.2. The van der Waals surface area contributed by atoms with Crippen molar-refractivity contribution in [3.8, 4) is 23.7 Å². The van der Waals surface area contributed by atoms with Crippen molar-refractivity contribution in [2.75, 3.05) is 12.9 Å². The number of hydroxylamine groups is 1. The smallest absolute Gasteiger partial charge is 0.264 e. The highest BCUT2D eigenvalue weighted by Gasteiger charge is 2.43. The molecule has 0 aliphatic heterocycles. The number of carbonyl (C=O) groups is 1. The van der Waals surface area contributed by atoms with Gasteiger partial charge in [0, 0.05) is 42.5 Å². The van der Waals surface area contributed by atoms with E-state index in [2.05, 4.69) is 28.8 Å². The van der Waals surface area contributed by atoms with Crippen LogP contribution < -0.4 is 5.48 Å². The molecule has 1 amide bonds. The van der Waals surface area contributed by atoms with Crippen LogP contribution in [0.5, 0.6) is 0 Å². The first-order valence-corrected chi connectivity index (χ1v) is 11.3. The van der Waals surface area contributed by atoms with Crippen molar-refractivity contribution in [3.63, 3.8) is 0 Å². The number of aliphatic hydroxyl groups is 1. The SMILES string of the molecule is C[C@@](CCn1cc2cc(C#CC#CC3C[C@H]3CO)ccc2n1)(C(=O)NO)S(C)(=O)=O. The second-order valence-electron chi connectivity index (χ2n) is 7.66. The van der Waals surface area contributed by atoms with Crippen molar-refractivity contribution in [2.45, 2.75) is 31.1 Å². The molecule has 2 aromatic rings. The van der Waals surface area contributed by atoms with Gasteiger partial charge in [0.15, 0.2) is 14.6 Å². The van der Waals surface area contributed by atoms with Gasteiger partial charge in [-0.1, -0.05) is 11.8 Å². The number of carbonyl (C=O) groups excluding carboxylic acids is 1. The van der Waals surface area contributed by atoms with Crippen molar-refractivity contribution < 1.29 is 23.5 Å². The molecule has 1 aliphatic carbocycles. The quantitative estimate of drug-likeness (QED) is 0.353. The average Bonchev–Trinajstić information content (AvgIpc) is 3.35. The van der Waals surface area contributed by atoms with Crippen LogP contribution in [-0.2, 0) is 21.2 Å². The fourth-order valence-electron chi connectivity index (χ4n) is 3.04. The first kappa shape index (κ1) is 21.8. The molecule has 1 unspecified atom stereocenters. The van der Waals surface area contributed by atoms with Gasteiger partial charge in [-0.25, -0.2) is 13.9 Å². The number of aryl methyl sites for hydroxylation is 1. The van der Waals surface area contributed by atoms with E-state index in [0.29, 0.717) is 5.52 Å². The number of hydrogen-bond acceptors (Lipinski definition) is 6. The molecule has 3 atom stereocenters. The summed E-state index contributed by atoms with van der Waals surface area (Å²) in [6.45, 7) is 1.61. The number of benzene rings is 1. The topological polar surface area (TPSA) is 122 Å². The Balaban J connectivity index is 1.72. The Morgan fingerprint density at radius 1 is 1.40 bits per heavy atom. The third kappa shape index (κ3) is 4.65. The van der Waals surface area contributed by atoms with E-state index < -0.39 is 20.5 Å². The Labute approximate surface area is 175 Å². The average molecular weight is 429 g/mol. The summed E-state index contributed by atoms with van der Waals surface area (Å²) in [6, 6.07) is 5.49. The summed E-state index contributed by atoms with van der Waals surface area (Å²) in [7, 11) is -3.76. The molecule has 1 aliphatic rings. The van der Waals surface area contributed by atoms with Crippen LogP contribution in [0.4, 0.5) is 0 Å². The number of hydrogen-bond donors (Lipinski definition) is 3. The van der Waals surface area contributed by atoms with Crippen LogP contribution in [0, 0.1) is 35.5 Å². The number of aliphatic hydroxyl groups excluding tert-OH is 1. The van der Waals surface area contributed by atoms with Crippen LogP contribution in [0.25, 0.3) is 10.9 Å². The summed E-state index contributed by atoms with van der Waals surface area (Å²) in [4.78, 5) is 11.9. The maximum atomic E-state index is 12.1. The summed E-state index contributed by atoms with van der Waals surface area (Å²) in [5.41, 5.74) is 2.92. The molecule has 1 aromatic carbocycles. The number of amides is 1. The summed E-state index contributed by atoms with van der Waals surface area (Å²) in [5, 5.41) is 23.1. The molecule has 158 valence electrons. The zero-order valence-electron chi connectivity index (χ0n) is 16.7. The molecule has 1 aromatic heterocycles. The molecule has 0 saturated heterocycles. The van der Waals surface area contributed by atoms with Crippen LogP contribution in [0.1, 0.15) is 25.3 Å². The Kier molecular flexibility index (Phi) is 6.18. The van der Waals surface area contributed by atoms with Crippen molar-refractivity contribution in [1.29, 1.82) is 0 Å². The van der Waals surface area contributed by atoms with Crippen molar-refractivity contribution in [1.82, 2.24) is 15.3 Å². The number of rotatable bonds is 6. The van der Waals surface area contributed by atoms with Gasteiger partial charge in [0.2, 0.25) is 0 Å². The summed E-state index contributed by atoms with van der Waals surface area (Å²) < 4.78 is 23.9. The molecular formula is C21H23N3O5S. The van der Waals surface area contributed by atoms with E-state index in [9.17, 15) is 13.2 Å². The Bertz CT molecular complexity index is 1200. The molecular weight excluding hydrogens is 406 g/mol. The third-order valence-corrected chi connectivity index (χ3v) is 7.48. The Morgan fingerprint density at radius 2 is 2.17 bits per heavy atom. The fraction of sp³-hybridized carbons (Fsp3) is 0.429. The Hall–Kier alpha value is -2.85. The van der Waals surface area contributed by atoms with Crippen molar-refractivity contribution in [3.05, 3.63) is 30.0 Å². The van der Waals surface area contributed by atoms with Gasteiger partial charge >= 0.3 is 0 Å². The number of sulfone groups is 1. The van der Waals surface area contributed by atoms with Crippen LogP contribution >= 0.6 is 0 Å². The molecule has 0 spiro atoms. The second-order valence-corrected chi connectivity index (χ2v) is 10.1. The largest absolute Gasteiger partial charge is 0.396 e. The van der Waals surface area contributed by atoms with Gasteiger partial charge in [0.25, 0.3) is 5.91 Å². The summed E-state index contributed by atoms with van der Waals surface area (Å²) in [6.07, 6.45) is 3.59. The molecule has 1 fully saturated rings. The lowest BCUT2D eigenvalue weighted by Crippen LogP contribution is -2.49. The lowest BCUT2D eigenvalue weighted by Gasteiger charge is -2.24.